The Morgan fingerprint density at radius 3 is 2.74 bits per heavy atom. The van der Waals surface area contributed by atoms with Crippen LogP contribution in [0.2, 0.25) is 0 Å². The Bertz CT molecular complexity index is 1520. The zero-order chi connectivity index (χ0) is 28.6. The van der Waals surface area contributed by atoms with Crippen LogP contribution in [-0.4, -0.2) is 69.2 Å². The topological polar surface area (TPSA) is 177 Å². The number of aliphatic hydroxyl groups is 2. The highest BCUT2D eigenvalue weighted by molar-refractivity contribution is 7.88. The van der Waals surface area contributed by atoms with E-state index in [0.29, 0.717) is 28.1 Å². The van der Waals surface area contributed by atoms with Crippen LogP contribution in [0, 0.1) is 12.3 Å². The standard InChI is InChI=1S/C25H30N6O7S/c1-6-15-8-7-9-16(12-15)29-20-17-10-11-31(21(17)27-14-26-20)22-19(32)25(5,34)18(37-22)13-28-39(35,36)30-23(33)38-24(2,3)4/h1,7-12,14,18-19,22,28,32,34H,13H2,2-5H3,(H,30,33)(H,26,27,29)/t18-,19+,22-,25-/m1/s1. The maximum Gasteiger partial charge on any atom is 0.422 e. The van der Waals surface area contributed by atoms with Crippen LogP contribution in [0.1, 0.15) is 39.5 Å². The van der Waals surface area contributed by atoms with Crippen molar-refractivity contribution in [3.05, 3.63) is 48.4 Å². The van der Waals surface area contributed by atoms with E-state index in [4.69, 9.17) is 15.9 Å². The van der Waals surface area contributed by atoms with Gasteiger partial charge in [-0.3, -0.25) is 0 Å². The van der Waals surface area contributed by atoms with Crippen molar-refractivity contribution >= 4 is 38.8 Å². The first-order valence-corrected chi connectivity index (χ1v) is 13.4. The largest absolute Gasteiger partial charge is 0.443 e. The zero-order valence-corrected chi connectivity index (χ0v) is 22.6. The van der Waals surface area contributed by atoms with Gasteiger partial charge in [0, 0.05) is 24.0 Å². The van der Waals surface area contributed by atoms with Crippen molar-refractivity contribution in [2.24, 2.45) is 0 Å². The Kier molecular flexibility index (Phi) is 7.57. The molecule has 0 radical (unpaired) electrons. The molecular weight excluding hydrogens is 528 g/mol. The van der Waals surface area contributed by atoms with Gasteiger partial charge in [-0.1, -0.05) is 12.0 Å². The second kappa shape index (κ2) is 10.4. The number of rotatable bonds is 7. The highest BCUT2D eigenvalue weighted by atomic mass is 32.2. The van der Waals surface area contributed by atoms with E-state index >= 15 is 0 Å². The van der Waals surface area contributed by atoms with E-state index in [1.807, 2.05) is 12.1 Å². The number of benzene rings is 1. The van der Waals surface area contributed by atoms with Gasteiger partial charge < -0.3 is 29.6 Å². The van der Waals surface area contributed by atoms with Crippen LogP contribution in [0.25, 0.3) is 11.0 Å². The molecule has 1 aromatic carbocycles. The molecule has 1 aliphatic heterocycles. The molecule has 13 nitrogen and oxygen atoms in total. The van der Waals surface area contributed by atoms with Gasteiger partial charge in [0.2, 0.25) is 0 Å². The minimum atomic E-state index is -4.35. The van der Waals surface area contributed by atoms with Gasteiger partial charge >= 0.3 is 16.3 Å². The van der Waals surface area contributed by atoms with Crippen molar-refractivity contribution in [2.75, 3.05) is 11.9 Å². The molecule has 0 spiro atoms. The van der Waals surface area contributed by atoms with Crippen LogP contribution >= 0.6 is 0 Å². The molecule has 14 heteroatoms. The van der Waals surface area contributed by atoms with Gasteiger partial charge in [-0.2, -0.15) is 13.1 Å². The predicted molar refractivity (Wildman–Crippen MR) is 142 cm³/mol. The third-order valence-electron chi connectivity index (χ3n) is 5.98. The normalized spacial score (nSPS) is 23.4. The second-order valence-electron chi connectivity index (χ2n) is 10.2. The fraction of sp³-hybridized carbons (Fsp3) is 0.400. The van der Waals surface area contributed by atoms with E-state index < -0.39 is 52.5 Å². The van der Waals surface area contributed by atoms with Crippen molar-refractivity contribution in [3.8, 4) is 12.3 Å². The van der Waals surface area contributed by atoms with Crippen LogP contribution in [0.3, 0.4) is 0 Å². The van der Waals surface area contributed by atoms with Gasteiger partial charge in [0.05, 0.1) is 5.39 Å². The molecule has 0 unspecified atom stereocenters. The molecule has 39 heavy (non-hydrogen) atoms. The molecule has 0 saturated carbocycles. The molecule has 208 valence electrons. The summed E-state index contributed by atoms with van der Waals surface area (Å²) in [6, 6.07) is 8.94. The van der Waals surface area contributed by atoms with E-state index in [0.717, 1.165) is 0 Å². The lowest BCUT2D eigenvalue weighted by Crippen LogP contribution is -2.51. The van der Waals surface area contributed by atoms with Crippen molar-refractivity contribution in [1.82, 2.24) is 24.0 Å². The Balaban J connectivity index is 1.51. The number of ether oxygens (including phenoxy) is 2. The van der Waals surface area contributed by atoms with Gasteiger partial charge in [-0.25, -0.2) is 19.5 Å². The van der Waals surface area contributed by atoms with Crippen LogP contribution in [-0.2, 0) is 19.7 Å². The van der Waals surface area contributed by atoms with Crippen LogP contribution < -0.4 is 14.8 Å². The molecule has 1 fully saturated rings. The number of nitrogens with one attached hydrogen (secondary N) is 3. The lowest BCUT2D eigenvalue weighted by Gasteiger charge is -2.26. The molecule has 1 amide bonds. The highest BCUT2D eigenvalue weighted by Crippen LogP contribution is 2.39. The number of amides is 1. The zero-order valence-electron chi connectivity index (χ0n) is 21.7. The minimum Gasteiger partial charge on any atom is -0.443 e. The third-order valence-corrected chi connectivity index (χ3v) is 6.96. The minimum absolute atomic E-state index is 0.397. The third kappa shape index (κ3) is 6.29. The fourth-order valence-corrected chi connectivity index (χ4v) is 4.77. The second-order valence-corrected chi connectivity index (χ2v) is 11.7. The lowest BCUT2D eigenvalue weighted by atomic mass is 9.94. The lowest BCUT2D eigenvalue weighted by molar-refractivity contribution is -0.0609. The summed E-state index contributed by atoms with van der Waals surface area (Å²) in [6.45, 7) is 5.63. The number of carbonyl (C=O) groups is 1. The predicted octanol–water partition coefficient (Wildman–Crippen LogP) is 1.52. The highest BCUT2D eigenvalue weighted by Gasteiger charge is 2.53. The number of anilines is 2. The summed E-state index contributed by atoms with van der Waals surface area (Å²) >= 11 is 0. The summed E-state index contributed by atoms with van der Waals surface area (Å²) in [5.41, 5.74) is -0.965. The van der Waals surface area contributed by atoms with Crippen molar-refractivity contribution in [3.63, 3.8) is 0 Å². The van der Waals surface area contributed by atoms with Crippen molar-refractivity contribution in [1.29, 1.82) is 0 Å². The molecule has 0 bridgehead atoms. The monoisotopic (exact) mass is 558 g/mol. The Morgan fingerprint density at radius 1 is 1.31 bits per heavy atom. The summed E-state index contributed by atoms with van der Waals surface area (Å²) in [7, 11) is -4.35. The summed E-state index contributed by atoms with van der Waals surface area (Å²) in [5, 5.41) is 25.7. The molecule has 3 aromatic rings. The van der Waals surface area contributed by atoms with Crippen LogP contribution in [0.5, 0.6) is 0 Å². The number of fused-ring (bicyclic) bond motifs is 1. The maximum absolute atomic E-state index is 12.3. The van der Waals surface area contributed by atoms with Crippen LogP contribution in [0.4, 0.5) is 16.3 Å². The molecule has 1 aliphatic rings. The van der Waals surface area contributed by atoms with Gasteiger partial charge in [-0.15, -0.1) is 6.42 Å². The van der Waals surface area contributed by atoms with Crippen molar-refractivity contribution < 1.29 is 32.9 Å². The van der Waals surface area contributed by atoms with Crippen molar-refractivity contribution in [2.45, 2.75) is 57.3 Å². The van der Waals surface area contributed by atoms with Crippen LogP contribution in [0.15, 0.2) is 42.9 Å². The molecule has 5 N–H and O–H groups in total. The van der Waals surface area contributed by atoms with E-state index in [2.05, 4.69) is 25.9 Å². The molecule has 2 aromatic heterocycles. The number of aliphatic hydroxyl groups excluding tert-OH is 1. The van der Waals surface area contributed by atoms with E-state index in [-0.39, 0.29) is 0 Å². The van der Waals surface area contributed by atoms with Gasteiger partial charge in [0.25, 0.3) is 0 Å². The Morgan fingerprint density at radius 2 is 2.05 bits per heavy atom. The maximum atomic E-state index is 12.3. The van der Waals surface area contributed by atoms with E-state index in [1.54, 1.807) is 49.9 Å². The average molecular weight is 559 g/mol. The first-order valence-electron chi connectivity index (χ1n) is 11.9. The molecule has 1 saturated heterocycles. The number of nitrogens with zero attached hydrogens (tertiary/aromatic N) is 3. The summed E-state index contributed by atoms with van der Waals surface area (Å²) in [6.07, 6.45) is 3.51. The summed E-state index contributed by atoms with van der Waals surface area (Å²) in [5.74, 6) is 3.05. The molecule has 4 atom stereocenters. The molecule has 0 aliphatic carbocycles. The number of hydrogen-bond acceptors (Lipinski definition) is 10. The fourth-order valence-electron chi connectivity index (χ4n) is 4.06. The summed E-state index contributed by atoms with van der Waals surface area (Å²) in [4.78, 5) is 20.5. The summed E-state index contributed by atoms with van der Waals surface area (Å²) < 4.78 is 40.9. The quantitative estimate of drug-likeness (QED) is 0.267. The van der Waals surface area contributed by atoms with E-state index in [9.17, 15) is 23.4 Å². The number of terminal acetylenes is 1. The molecular formula is C25H30N6O7S. The first-order chi connectivity index (χ1) is 18.2. The van der Waals surface area contributed by atoms with E-state index in [1.165, 1.54) is 17.8 Å². The first kappa shape index (κ1) is 28.3. The molecule has 4 rings (SSSR count). The van der Waals surface area contributed by atoms with Gasteiger partial charge in [-0.05, 0) is 52.0 Å². The SMILES string of the molecule is C#Cc1cccc(Nc2ncnc3c2ccn3[C@@H]2O[C@H](CNS(=O)(=O)NC(=O)OC(C)(C)C)[C@@](C)(O)[C@H]2O)c1. The number of hydrogen-bond donors (Lipinski definition) is 5. The number of aromatic nitrogens is 3. The van der Waals surface area contributed by atoms with Gasteiger partial charge in [0.1, 0.15) is 41.2 Å². The Hall–Kier alpha value is -3.74. The average Bonchev–Trinajstić information content (AvgIpc) is 3.35. The molecule has 3 heterocycles. The Labute approximate surface area is 225 Å². The van der Waals surface area contributed by atoms with Gasteiger partial charge in [0.15, 0.2) is 6.23 Å². The smallest absolute Gasteiger partial charge is 0.422 e. The number of carbonyl (C=O) groups excluding carboxylic acids is 1.